The van der Waals surface area contributed by atoms with Crippen LogP contribution in [0.3, 0.4) is 0 Å². The standard InChI is InChI=1S/C29H42ClFN4O3/c1-17(36)33-23(11-18-9-19(30)12-20(31)10-18)25(37)16-32-24-15-29(5,6)38-26-22(24)13-21(14-28(2,3)4)34-27(26)35(7)8/h9-10,12-13,23-25,32,37H,11,14-16H2,1-8H3,(H,33,36)/t23-,24-,25-/m0/s1. The Morgan fingerprint density at radius 2 is 1.97 bits per heavy atom. The van der Waals surface area contributed by atoms with E-state index in [0.717, 1.165) is 29.2 Å². The van der Waals surface area contributed by atoms with Crippen molar-refractivity contribution >= 4 is 23.3 Å². The Balaban J connectivity index is 1.88. The number of halogens is 2. The van der Waals surface area contributed by atoms with E-state index < -0.39 is 23.6 Å². The molecule has 0 radical (unpaired) electrons. The predicted octanol–water partition coefficient (Wildman–Crippen LogP) is 4.83. The summed E-state index contributed by atoms with van der Waals surface area (Å²) in [6.07, 6.45) is 0.795. The molecule has 210 valence electrons. The zero-order valence-corrected chi connectivity index (χ0v) is 24.5. The van der Waals surface area contributed by atoms with Gasteiger partial charge in [-0.05, 0) is 61.9 Å². The number of carbonyl (C=O) groups is 1. The highest BCUT2D eigenvalue weighted by Crippen LogP contribution is 2.44. The van der Waals surface area contributed by atoms with Crippen molar-refractivity contribution in [3.05, 3.63) is 51.9 Å². The lowest BCUT2D eigenvalue weighted by Crippen LogP contribution is -2.49. The molecule has 0 bridgehead atoms. The molecule has 0 spiro atoms. The number of ether oxygens (including phenoxy) is 1. The molecule has 9 heteroatoms. The van der Waals surface area contributed by atoms with Crippen molar-refractivity contribution in [2.24, 2.45) is 5.41 Å². The highest BCUT2D eigenvalue weighted by atomic mass is 35.5. The number of fused-ring (bicyclic) bond motifs is 1. The molecule has 2 aromatic rings. The summed E-state index contributed by atoms with van der Waals surface area (Å²) in [6.45, 7) is 12.2. The van der Waals surface area contributed by atoms with Crippen LogP contribution in [0.5, 0.6) is 5.75 Å². The summed E-state index contributed by atoms with van der Waals surface area (Å²) < 4.78 is 20.3. The lowest BCUT2D eigenvalue weighted by atomic mass is 9.86. The first-order valence-corrected chi connectivity index (χ1v) is 13.4. The maximum Gasteiger partial charge on any atom is 0.217 e. The zero-order valence-electron chi connectivity index (χ0n) is 23.8. The molecule has 1 amide bonds. The number of carbonyl (C=O) groups excluding carboxylic acids is 1. The Morgan fingerprint density at radius 1 is 1.29 bits per heavy atom. The van der Waals surface area contributed by atoms with E-state index in [1.807, 2.05) is 32.8 Å². The second kappa shape index (κ2) is 11.8. The average molecular weight is 549 g/mol. The maximum atomic E-state index is 13.9. The molecule has 3 atom stereocenters. The summed E-state index contributed by atoms with van der Waals surface area (Å²) in [4.78, 5) is 18.8. The Kier molecular flexibility index (Phi) is 9.32. The number of aliphatic hydroxyl groups excluding tert-OH is 1. The second-order valence-electron chi connectivity index (χ2n) is 12.4. The van der Waals surface area contributed by atoms with Gasteiger partial charge in [-0.1, -0.05) is 32.4 Å². The van der Waals surface area contributed by atoms with Gasteiger partial charge in [0, 0.05) is 56.3 Å². The Labute approximate surface area is 231 Å². The smallest absolute Gasteiger partial charge is 0.217 e. The number of aliphatic hydroxyl groups is 1. The summed E-state index contributed by atoms with van der Waals surface area (Å²) in [5.74, 6) is 0.784. The predicted molar refractivity (Wildman–Crippen MR) is 151 cm³/mol. The van der Waals surface area contributed by atoms with Gasteiger partial charge in [0.25, 0.3) is 0 Å². The van der Waals surface area contributed by atoms with Gasteiger partial charge in [0.2, 0.25) is 5.91 Å². The molecular weight excluding hydrogens is 507 g/mol. The van der Waals surface area contributed by atoms with Crippen molar-refractivity contribution in [1.29, 1.82) is 0 Å². The van der Waals surface area contributed by atoms with Crippen molar-refractivity contribution in [2.75, 3.05) is 25.5 Å². The van der Waals surface area contributed by atoms with Gasteiger partial charge in [-0.3, -0.25) is 4.79 Å². The summed E-state index contributed by atoms with van der Waals surface area (Å²) >= 11 is 6.02. The third-order valence-corrected chi connectivity index (χ3v) is 6.64. The van der Waals surface area contributed by atoms with Crippen LogP contribution in [0.1, 0.15) is 70.8 Å². The third-order valence-electron chi connectivity index (χ3n) is 6.43. The lowest BCUT2D eigenvalue weighted by molar-refractivity contribution is -0.120. The number of pyridine rings is 1. The Hall–Kier alpha value is -2.42. The summed E-state index contributed by atoms with van der Waals surface area (Å²) in [5, 5.41) is 17.8. The highest BCUT2D eigenvalue weighted by Gasteiger charge is 2.37. The fraction of sp³-hybridized carbons (Fsp3) is 0.586. The summed E-state index contributed by atoms with van der Waals surface area (Å²) in [7, 11) is 3.91. The van der Waals surface area contributed by atoms with Gasteiger partial charge in [0.15, 0.2) is 11.6 Å². The highest BCUT2D eigenvalue weighted by molar-refractivity contribution is 6.30. The van der Waals surface area contributed by atoms with Crippen LogP contribution >= 0.6 is 11.6 Å². The molecule has 7 nitrogen and oxygen atoms in total. The first-order chi connectivity index (χ1) is 17.5. The number of rotatable bonds is 9. The van der Waals surface area contributed by atoms with Crippen LogP contribution in [0.15, 0.2) is 24.3 Å². The number of hydrogen-bond donors (Lipinski definition) is 3. The van der Waals surface area contributed by atoms with Gasteiger partial charge in [0.05, 0.1) is 12.1 Å². The molecule has 3 rings (SSSR count). The SMILES string of the molecule is CC(=O)N[C@@H](Cc1cc(F)cc(Cl)c1)[C@@H](O)CN[C@H]1CC(C)(C)Oc2c1cc(CC(C)(C)C)nc2N(C)C. The fourth-order valence-electron chi connectivity index (χ4n) is 4.93. The van der Waals surface area contributed by atoms with Crippen LogP contribution in [-0.4, -0.2) is 54.4 Å². The Bertz CT molecular complexity index is 1130. The van der Waals surface area contributed by atoms with Crippen molar-refractivity contribution in [3.63, 3.8) is 0 Å². The van der Waals surface area contributed by atoms with Gasteiger partial charge >= 0.3 is 0 Å². The van der Waals surface area contributed by atoms with Gasteiger partial charge in [-0.2, -0.15) is 0 Å². The summed E-state index contributed by atoms with van der Waals surface area (Å²) in [5.41, 5.74) is 2.18. The molecule has 0 unspecified atom stereocenters. The zero-order chi connectivity index (χ0) is 28.4. The van der Waals surface area contributed by atoms with Crippen molar-refractivity contribution < 1.29 is 19.0 Å². The van der Waals surface area contributed by atoms with E-state index in [9.17, 15) is 14.3 Å². The van der Waals surface area contributed by atoms with Crippen LogP contribution in [-0.2, 0) is 17.6 Å². The summed E-state index contributed by atoms with van der Waals surface area (Å²) in [6, 6.07) is 5.61. The van der Waals surface area contributed by atoms with Crippen molar-refractivity contribution in [3.8, 4) is 5.75 Å². The van der Waals surface area contributed by atoms with Crippen LogP contribution in [0.4, 0.5) is 10.2 Å². The van der Waals surface area contributed by atoms with E-state index in [2.05, 4.69) is 37.5 Å². The van der Waals surface area contributed by atoms with Crippen LogP contribution in [0, 0.1) is 11.2 Å². The first-order valence-electron chi connectivity index (χ1n) is 13.1. The van der Waals surface area contributed by atoms with E-state index in [1.54, 1.807) is 6.07 Å². The molecule has 38 heavy (non-hydrogen) atoms. The number of nitrogens with one attached hydrogen (secondary N) is 2. The van der Waals surface area contributed by atoms with E-state index in [0.29, 0.717) is 12.0 Å². The minimum atomic E-state index is -0.931. The number of hydrogen-bond acceptors (Lipinski definition) is 6. The van der Waals surface area contributed by atoms with E-state index in [1.165, 1.54) is 19.1 Å². The average Bonchev–Trinajstić information content (AvgIpc) is 2.74. The number of nitrogens with zero attached hydrogens (tertiary/aromatic N) is 2. The largest absolute Gasteiger partial charge is 0.484 e. The van der Waals surface area contributed by atoms with Gasteiger partial charge < -0.3 is 25.4 Å². The minimum Gasteiger partial charge on any atom is -0.484 e. The minimum absolute atomic E-state index is 0.0596. The van der Waals surface area contributed by atoms with Gasteiger partial charge in [-0.15, -0.1) is 0 Å². The number of benzene rings is 1. The molecule has 3 N–H and O–H groups in total. The molecule has 1 aromatic carbocycles. The normalized spacial score (nSPS) is 18.2. The lowest BCUT2D eigenvalue weighted by Gasteiger charge is -2.40. The molecule has 0 saturated heterocycles. The van der Waals surface area contributed by atoms with E-state index >= 15 is 0 Å². The molecule has 2 heterocycles. The number of anilines is 1. The molecule has 0 fully saturated rings. The van der Waals surface area contributed by atoms with Crippen LogP contribution in [0.25, 0.3) is 0 Å². The Morgan fingerprint density at radius 3 is 2.55 bits per heavy atom. The monoisotopic (exact) mass is 548 g/mol. The second-order valence-corrected chi connectivity index (χ2v) is 12.8. The number of aromatic nitrogens is 1. The maximum absolute atomic E-state index is 13.9. The molecule has 1 aliphatic rings. The molecular formula is C29H42ClFN4O3. The molecule has 0 aliphatic carbocycles. The van der Waals surface area contributed by atoms with Gasteiger partial charge in [-0.25, -0.2) is 9.37 Å². The first kappa shape index (κ1) is 30.1. The topological polar surface area (TPSA) is 86.7 Å². The van der Waals surface area contributed by atoms with Gasteiger partial charge in [0.1, 0.15) is 11.4 Å². The fourth-order valence-corrected chi connectivity index (χ4v) is 5.17. The molecule has 1 aromatic heterocycles. The van der Waals surface area contributed by atoms with Crippen LogP contribution in [0.2, 0.25) is 5.02 Å². The number of amides is 1. The van der Waals surface area contributed by atoms with E-state index in [-0.39, 0.29) is 35.4 Å². The molecule has 0 saturated carbocycles. The quantitative estimate of drug-likeness (QED) is 0.416. The van der Waals surface area contributed by atoms with Crippen molar-refractivity contribution in [1.82, 2.24) is 15.6 Å². The van der Waals surface area contributed by atoms with E-state index in [4.69, 9.17) is 21.3 Å². The molecule has 1 aliphatic heterocycles. The van der Waals surface area contributed by atoms with Crippen molar-refractivity contribution in [2.45, 2.75) is 84.6 Å². The third kappa shape index (κ3) is 8.29. The van der Waals surface area contributed by atoms with Crippen LogP contribution < -0.4 is 20.3 Å².